The Bertz CT molecular complexity index is 1000. The van der Waals surface area contributed by atoms with Crippen LogP contribution in [0, 0.1) is 12.7 Å². The number of aryl methyl sites for hydroxylation is 1. The van der Waals surface area contributed by atoms with Gasteiger partial charge in [-0.15, -0.1) is 0 Å². The molecule has 0 bridgehead atoms. The molecule has 0 N–H and O–H groups in total. The van der Waals surface area contributed by atoms with Crippen molar-refractivity contribution in [1.29, 1.82) is 0 Å². The molecule has 4 nitrogen and oxygen atoms in total. The Kier molecular flexibility index (Phi) is 5.84. The monoisotopic (exact) mass is 368 g/mol. The Hall–Kier alpha value is -2.95. The zero-order valence-electron chi connectivity index (χ0n) is 16.7. The van der Waals surface area contributed by atoms with Crippen LogP contribution in [-0.2, 0) is 4.79 Å². The quantitative estimate of drug-likeness (QED) is 0.831. The van der Waals surface area contributed by atoms with Crippen molar-refractivity contribution >= 4 is 24.0 Å². The van der Waals surface area contributed by atoms with Crippen LogP contribution in [0.25, 0.3) is 23.4 Å². The van der Waals surface area contributed by atoms with E-state index in [4.69, 9.17) is 0 Å². The van der Waals surface area contributed by atoms with Gasteiger partial charge in [-0.2, -0.15) is 0 Å². The van der Waals surface area contributed by atoms with Gasteiger partial charge in [-0.05, 0) is 41.5 Å². The lowest BCUT2D eigenvalue weighted by Gasteiger charge is -2.16. The molecule has 0 heterocycles. The van der Waals surface area contributed by atoms with Crippen LogP contribution in [0.4, 0.5) is 4.39 Å². The summed E-state index contributed by atoms with van der Waals surface area (Å²) in [5, 5.41) is 1.35. The van der Waals surface area contributed by atoms with Gasteiger partial charge >= 0.3 is 0 Å². The Balaban J connectivity index is 2.66. The summed E-state index contributed by atoms with van der Waals surface area (Å²) in [7, 11) is 6.86. The summed E-state index contributed by atoms with van der Waals surface area (Å²) in [6.45, 7) is 7.32. The van der Waals surface area contributed by atoms with E-state index in [1.807, 2.05) is 0 Å². The highest BCUT2D eigenvalue weighted by Gasteiger charge is 2.16. The second-order valence-corrected chi connectivity index (χ2v) is 7.02. The topological polar surface area (TPSA) is 40.6 Å². The zero-order valence-corrected chi connectivity index (χ0v) is 16.7. The molecular weight excluding hydrogens is 343 g/mol. The number of amides is 1. The van der Waals surface area contributed by atoms with Gasteiger partial charge in [0.1, 0.15) is 5.82 Å². The summed E-state index contributed by atoms with van der Waals surface area (Å²) in [4.78, 5) is 27.2. The molecule has 0 radical (unpaired) electrons. The molecule has 0 fully saturated rings. The first kappa shape index (κ1) is 20.4. The fourth-order valence-electron chi connectivity index (χ4n) is 3.22. The molecule has 0 aliphatic rings. The molecule has 0 spiro atoms. The predicted molar refractivity (Wildman–Crippen MR) is 107 cm³/mol. The predicted octanol–water partition coefficient (Wildman–Crippen LogP) is 2.17. The summed E-state index contributed by atoms with van der Waals surface area (Å²) in [6, 6.07) is 8.26. The van der Waals surface area contributed by atoms with Gasteiger partial charge in [0.2, 0.25) is 0 Å². The number of ketones is 1. The molecule has 0 aliphatic heterocycles. The van der Waals surface area contributed by atoms with Gasteiger partial charge in [-0.1, -0.05) is 18.7 Å². The van der Waals surface area contributed by atoms with E-state index < -0.39 is 5.82 Å². The average molecular weight is 368 g/mol. The van der Waals surface area contributed by atoms with E-state index in [2.05, 4.69) is 6.58 Å². The highest BCUT2D eigenvalue weighted by atomic mass is 19.1. The van der Waals surface area contributed by atoms with Crippen LogP contribution in [-0.4, -0.2) is 49.7 Å². The fraction of sp³-hybridized carbons (Fsp3) is 0.273. The number of hydrogen-bond acceptors (Lipinski definition) is 3. The number of rotatable bonds is 4. The van der Waals surface area contributed by atoms with Gasteiger partial charge in [0.05, 0.1) is 5.70 Å². The standard InChI is InChI=1S/C22H25FN2O2/c1-13-10-16(8-9-18(13)21(15(3)26)24(4)5)20-14(2)11-17(12-19(20)23)22(27)25(6)7/h8-12H,1H2,2-7H3/b21-18-. The Morgan fingerprint density at radius 2 is 1.63 bits per heavy atom. The lowest BCUT2D eigenvalue weighted by Crippen LogP contribution is -2.33. The number of nitrogens with zero attached hydrogens (tertiary/aromatic N) is 2. The van der Waals surface area contributed by atoms with Crippen molar-refractivity contribution in [3.63, 3.8) is 0 Å². The highest BCUT2D eigenvalue weighted by Crippen LogP contribution is 2.27. The molecule has 2 rings (SSSR count). The first-order valence-electron chi connectivity index (χ1n) is 8.58. The molecule has 5 heteroatoms. The van der Waals surface area contributed by atoms with Crippen LogP contribution in [0.2, 0.25) is 0 Å². The molecule has 27 heavy (non-hydrogen) atoms. The SMILES string of the molecule is C=c1cc(-c2c(C)cc(C(=O)N(C)C)cc2F)cc/c1=C(\C(C)=O)N(C)C. The Labute approximate surface area is 159 Å². The van der Waals surface area contributed by atoms with Crippen LogP contribution < -0.4 is 10.4 Å². The van der Waals surface area contributed by atoms with Gasteiger partial charge in [0.15, 0.2) is 5.78 Å². The van der Waals surface area contributed by atoms with Crippen LogP contribution in [0.3, 0.4) is 0 Å². The molecule has 0 aromatic heterocycles. The first-order valence-corrected chi connectivity index (χ1v) is 8.58. The molecule has 142 valence electrons. The van der Waals surface area contributed by atoms with Crippen molar-refractivity contribution < 1.29 is 14.0 Å². The van der Waals surface area contributed by atoms with Crippen molar-refractivity contribution in [3.05, 3.63) is 57.7 Å². The van der Waals surface area contributed by atoms with E-state index in [-0.39, 0.29) is 11.7 Å². The van der Waals surface area contributed by atoms with Gasteiger partial charge in [-0.25, -0.2) is 4.39 Å². The molecule has 2 aromatic rings. The van der Waals surface area contributed by atoms with E-state index in [9.17, 15) is 14.0 Å². The summed E-state index contributed by atoms with van der Waals surface area (Å²) in [6.07, 6.45) is 0. The maximum atomic E-state index is 14.8. The number of Topliss-reactive ketones (excluding diaryl/α,β-unsaturated/α-hetero) is 1. The minimum absolute atomic E-state index is 0.0634. The van der Waals surface area contributed by atoms with Gasteiger partial charge in [0, 0.05) is 51.5 Å². The third kappa shape index (κ3) is 4.08. The van der Waals surface area contributed by atoms with E-state index >= 15 is 0 Å². The molecular formula is C22H25FN2O2. The molecule has 0 unspecified atom stereocenters. The van der Waals surface area contributed by atoms with Crippen molar-refractivity contribution in [2.24, 2.45) is 0 Å². The van der Waals surface area contributed by atoms with Crippen LogP contribution in [0.15, 0.2) is 30.3 Å². The number of carbonyl (C=O) groups excluding carboxylic acids is 2. The summed E-state index contributed by atoms with van der Waals surface area (Å²) in [5.41, 5.74) is 2.61. The fourth-order valence-corrected chi connectivity index (χ4v) is 3.22. The largest absolute Gasteiger partial charge is 0.374 e. The van der Waals surface area contributed by atoms with E-state index in [1.54, 1.807) is 64.3 Å². The molecule has 1 amide bonds. The van der Waals surface area contributed by atoms with Crippen molar-refractivity contribution in [1.82, 2.24) is 9.80 Å². The van der Waals surface area contributed by atoms with Crippen LogP contribution in [0.5, 0.6) is 0 Å². The molecule has 0 aliphatic carbocycles. The molecule has 2 aromatic carbocycles. The third-order valence-corrected chi connectivity index (χ3v) is 4.37. The second-order valence-electron chi connectivity index (χ2n) is 7.02. The number of likely N-dealkylation sites (N-methyl/N-ethyl adjacent to an activating group) is 1. The Morgan fingerprint density at radius 1 is 1.00 bits per heavy atom. The molecule has 0 atom stereocenters. The van der Waals surface area contributed by atoms with Gasteiger partial charge in [0.25, 0.3) is 5.91 Å². The van der Waals surface area contributed by atoms with E-state index in [1.165, 1.54) is 17.9 Å². The van der Waals surface area contributed by atoms with E-state index in [0.717, 1.165) is 0 Å². The maximum absolute atomic E-state index is 14.8. The molecule has 0 saturated carbocycles. The first-order chi connectivity index (χ1) is 12.5. The van der Waals surface area contributed by atoms with Crippen molar-refractivity contribution in [2.45, 2.75) is 13.8 Å². The lowest BCUT2D eigenvalue weighted by atomic mass is 9.96. The minimum atomic E-state index is -0.462. The van der Waals surface area contributed by atoms with E-state index in [0.29, 0.717) is 38.4 Å². The summed E-state index contributed by atoms with van der Waals surface area (Å²) in [5.74, 6) is -0.772. The summed E-state index contributed by atoms with van der Waals surface area (Å²) < 4.78 is 14.8. The summed E-state index contributed by atoms with van der Waals surface area (Å²) >= 11 is 0. The van der Waals surface area contributed by atoms with Gasteiger partial charge < -0.3 is 9.80 Å². The van der Waals surface area contributed by atoms with Crippen molar-refractivity contribution in [2.75, 3.05) is 28.2 Å². The normalized spacial score (nSPS) is 11.8. The highest BCUT2D eigenvalue weighted by molar-refractivity contribution is 6.12. The lowest BCUT2D eigenvalue weighted by molar-refractivity contribution is -0.112. The Morgan fingerprint density at radius 3 is 2.07 bits per heavy atom. The number of hydrogen-bond donors (Lipinski definition) is 0. The average Bonchev–Trinajstić information content (AvgIpc) is 2.54. The van der Waals surface area contributed by atoms with Gasteiger partial charge in [-0.3, -0.25) is 9.59 Å². The second kappa shape index (κ2) is 7.74. The maximum Gasteiger partial charge on any atom is 0.253 e. The number of carbonyl (C=O) groups is 2. The zero-order chi connectivity index (χ0) is 20.5. The third-order valence-electron chi connectivity index (χ3n) is 4.37. The number of halogens is 1. The van der Waals surface area contributed by atoms with Crippen LogP contribution in [0.1, 0.15) is 22.8 Å². The molecule has 0 saturated heterocycles. The number of benzene rings is 2. The van der Waals surface area contributed by atoms with Crippen LogP contribution >= 0.6 is 0 Å². The smallest absolute Gasteiger partial charge is 0.253 e. The minimum Gasteiger partial charge on any atom is -0.374 e. The van der Waals surface area contributed by atoms with Crippen molar-refractivity contribution in [3.8, 4) is 11.1 Å².